The fourth-order valence-corrected chi connectivity index (χ4v) is 4.94. The maximum absolute atomic E-state index is 4.94. The van der Waals surface area contributed by atoms with E-state index in [0.29, 0.717) is 12.1 Å². The fraction of sp³-hybridized carbons (Fsp3) is 0.909. The third-order valence-electron chi connectivity index (χ3n) is 6.60. The molecule has 2 aliphatic rings. The van der Waals surface area contributed by atoms with E-state index in [-0.39, 0.29) is 13.1 Å². The molecule has 6 atom stereocenters. The molecule has 0 aromatic heterocycles. The zero-order chi connectivity index (χ0) is 20.4. The number of rotatable bonds is 5. The molecular formula is C22H40Cl2FeN2. The SMILES string of the molecule is CC(C)[C@@H]1CC[C@@H](C)C[C@H]1N=CC=N[C@@H]1C[C@H](C)CC[C@H]1C(C)C.[Cl][Fe][Cl]. The quantitative estimate of drug-likeness (QED) is 0.302. The molecule has 0 bridgehead atoms. The predicted octanol–water partition coefficient (Wildman–Crippen LogP) is 7.43. The Balaban J connectivity index is 0.00000114. The Bertz CT molecular complexity index is 414. The van der Waals surface area contributed by atoms with Crippen LogP contribution >= 0.6 is 20.2 Å². The summed E-state index contributed by atoms with van der Waals surface area (Å²) in [6.07, 6.45) is 12.0. The molecule has 5 heteroatoms. The van der Waals surface area contributed by atoms with Gasteiger partial charge in [0.05, 0.1) is 12.1 Å². The molecule has 0 saturated heterocycles. The second kappa shape index (κ2) is 13.6. The molecule has 0 aromatic carbocycles. The van der Waals surface area contributed by atoms with E-state index < -0.39 is 0 Å². The van der Waals surface area contributed by atoms with Crippen molar-refractivity contribution in [2.45, 2.75) is 92.2 Å². The standard InChI is InChI=1S/C22H40N2.2ClH.Fe/c1-15(2)19-9-7-17(5)13-21(19)23-11-12-24-22-14-18(6)8-10-20(22)16(3)4;;;/h11-12,15-22H,7-10,13-14H2,1-6H3;2*1H;/q;;;+2/p-2/t17-,18-,19+,20+,21-,22-;;;/m1.../s1. The number of aliphatic imine (C=N–C) groups is 2. The van der Waals surface area contributed by atoms with Crippen LogP contribution in [0.5, 0.6) is 0 Å². The first kappa shape index (κ1) is 25.5. The first-order valence-corrected chi connectivity index (χ1v) is 13.7. The molecule has 0 radical (unpaired) electrons. The van der Waals surface area contributed by atoms with Crippen molar-refractivity contribution >= 4 is 32.6 Å². The monoisotopic (exact) mass is 458 g/mol. The third kappa shape index (κ3) is 9.20. The van der Waals surface area contributed by atoms with Gasteiger partial charge in [-0.1, -0.05) is 54.4 Å². The minimum absolute atomic E-state index is 0.194. The van der Waals surface area contributed by atoms with Crippen LogP contribution < -0.4 is 0 Å². The van der Waals surface area contributed by atoms with Crippen molar-refractivity contribution < 1.29 is 13.1 Å². The van der Waals surface area contributed by atoms with E-state index in [9.17, 15) is 0 Å². The van der Waals surface area contributed by atoms with Gasteiger partial charge in [0.2, 0.25) is 0 Å². The van der Waals surface area contributed by atoms with Crippen molar-refractivity contribution in [3.05, 3.63) is 0 Å². The van der Waals surface area contributed by atoms with Gasteiger partial charge in [-0.05, 0) is 61.2 Å². The Kier molecular flexibility index (Phi) is 12.9. The van der Waals surface area contributed by atoms with Crippen LogP contribution in [0.3, 0.4) is 0 Å². The van der Waals surface area contributed by atoms with Crippen molar-refractivity contribution in [1.82, 2.24) is 0 Å². The summed E-state index contributed by atoms with van der Waals surface area (Å²) < 4.78 is 0. The first-order valence-electron chi connectivity index (χ1n) is 10.7. The van der Waals surface area contributed by atoms with E-state index in [0.717, 1.165) is 35.5 Å². The van der Waals surface area contributed by atoms with E-state index in [1.165, 1.54) is 38.5 Å². The molecule has 0 aliphatic heterocycles. The topological polar surface area (TPSA) is 24.7 Å². The van der Waals surface area contributed by atoms with Gasteiger partial charge in [-0.25, -0.2) is 0 Å². The van der Waals surface area contributed by atoms with Crippen LogP contribution in [0.25, 0.3) is 0 Å². The van der Waals surface area contributed by atoms with Crippen LogP contribution in [0.4, 0.5) is 0 Å². The Morgan fingerprint density at radius 1 is 0.741 bits per heavy atom. The van der Waals surface area contributed by atoms with Gasteiger partial charge < -0.3 is 0 Å². The second-order valence-corrected chi connectivity index (χ2v) is 11.3. The number of hydrogen-bond donors (Lipinski definition) is 0. The Morgan fingerprint density at radius 3 is 1.37 bits per heavy atom. The molecular weight excluding hydrogens is 419 g/mol. The van der Waals surface area contributed by atoms with Crippen LogP contribution in [0.2, 0.25) is 0 Å². The van der Waals surface area contributed by atoms with Gasteiger partial charge in [-0.15, -0.1) is 0 Å². The molecule has 2 saturated carbocycles. The Labute approximate surface area is 183 Å². The summed E-state index contributed by atoms with van der Waals surface area (Å²) >= 11 is 0.194. The summed E-state index contributed by atoms with van der Waals surface area (Å²) in [7, 11) is 9.53. The van der Waals surface area contributed by atoms with E-state index in [2.05, 4.69) is 41.5 Å². The van der Waals surface area contributed by atoms with Crippen molar-refractivity contribution in [2.75, 3.05) is 0 Å². The van der Waals surface area contributed by atoms with Crippen molar-refractivity contribution in [3.8, 4) is 0 Å². The average Bonchev–Trinajstić information content (AvgIpc) is 2.59. The second-order valence-electron chi connectivity index (χ2n) is 9.43. The molecule has 0 N–H and O–H groups in total. The normalized spacial score (nSPS) is 35.2. The summed E-state index contributed by atoms with van der Waals surface area (Å²) in [6.45, 7) is 14.2. The van der Waals surface area contributed by atoms with Gasteiger partial charge in [0.25, 0.3) is 0 Å². The third-order valence-corrected chi connectivity index (χ3v) is 6.60. The van der Waals surface area contributed by atoms with Gasteiger partial charge >= 0.3 is 33.3 Å². The van der Waals surface area contributed by atoms with Crippen molar-refractivity contribution in [1.29, 1.82) is 0 Å². The van der Waals surface area contributed by atoms with Crippen molar-refractivity contribution in [3.63, 3.8) is 0 Å². The number of nitrogens with zero attached hydrogens (tertiary/aromatic N) is 2. The van der Waals surface area contributed by atoms with Gasteiger partial charge in [-0.3, -0.25) is 9.98 Å². The molecule has 160 valence electrons. The molecule has 2 nitrogen and oxygen atoms in total. The molecule has 0 amide bonds. The molecule has 0 spiro atoms. The molecule has 0 aromatic rings. The Morgan fingerprint density at radius 2 is 1.07 bits per heavy atom. The van der Waals surface area contributed by atoms with Crippen LogP contribution in [0.1, 0.15) is 80.1 Å². The van der Waals surface area contributed by atoms with Crippen molar-refractivity contribution in [2.24, 2.45) is 45.5 Å². The van der Waals surface area contributed by atoms with E-state index >= 15 is 0 Å². The van der Waals surface area contributed by atoms with Crippen LogP contribution in [-0.2, 0) is 13.1 Å². The van der Waals surface area contributed by atoms with Crippen LogP contribution in [0.15, 0.2) is 9.98 Å². The Hall–Kier alpha value is 0.439. The van der Waals surface area contributed by atoms with Gasteiger partial charge in [-0.2, -0.15) is 0 Å². The van der Waals surface area contributed by atoms with E-state index in [4.69, 9.17) is 30.2 Å². The summed E-state index contributed by atoms with van der Waals surface area (Å²) in [5.41, 5.74) is 0. The van der Waals surface area contributed by atoms with Crippen LogP contribution in [0, 0.1) is 35.5 Å². The summed E-state index contributed by atoms with van der Waals surface area (Å²) in [4.78, 5) is 9.87. The molecule has 2 fully saturated rings. The van der Waals surface area contributed by atoms with E-state index in [1.807, 2.05) is 12.4 Å². The number of hydrogen-bond acceptors (Lipinski definition) is 2. The van der Waals surface area contributed by atoms with Crippen LogP contribution in [-0.4, -0.2) is 24.5 Å². The average molecular weight is 459 g/mol. The molecule has 2 rings (SSSR count). The van der Waals surface area contributed by atoms with E-state index in [1.54, 1.807) is 0 Å². The predicted molar refractivity (Wildman–Crippen MR) is 119 cm³/mol. The van der Waals surface area contributed by atoms with Gasteiger partial charge in [0.15, 0.2) is 0 Å². The first-order chi connectivity index (χ1) is 12.8. The summed E-state index contributed by atoms with van der Waals surface area (Å²) in [5, 5.41) is 0. The molecule has 27 heavy (non-hydrogen) atoms. The zero-order valence-corrected chi connectivity index (χ0v) is 20.6. The maximum atomic E-state index is 4.94. The molecule has 2 aliphatic carbocycles. The molecule has 0 heterocycles. The minimum atomic E-state index is 0.194. The van der Waals surface area contributed by atoms with Gasteiger partial charge in [0, 0.05) is 12.4 Å². The summed E-state index contributed by atoms with van der Waals surface area (Å²) in [6, 6.07) is 1.01. The fourth-order valence-electron chi connectivity index (χ4n) is 4.94. The zero-order valence-electron chi connectivity index (χ0n) is 18.0. The summed E-state index contributed by atoms with van der Waals surface area (Å²) in [5.74, 6) is 4.63. The number of halogens is 2. The molecule has 0 unspecified atom stereocenters. The van der Waals surface area contributed by atoms with Gasteiger partial charge in [0.1, 0.15) is 0 Å².